The largest absolute Gasteiger partial charge is 0.494 e. The Bertz CT molecular complexity index is 318. The van der Waals surface area contributed by atoms with Crippen LogP contribution in [0.25, 0.3) is 0 Å². The molecule has 0 aliphatic rings. The van der Waals surface area contributed by atoms with Crippen LogP contribution in [0.3, 0.4) is 0 Å². The first kappa shape index (κ1) is 10.9. The number of nitrogen functional groups attached to an aromatic ring is 1. The smallest absolute Gasteiger partial charge is 0.123 e. The lowest BCUT2D eigenvalue weighted by atomic mass is 9.99. The maximum absolute atomic E-state index is 5.87. The van der Waals surface area contributed by atoms with E-state index in [1.165, 1.54) is 5.56 Å². The molecule has 2 N–H and O–H groups in total. The molecule has 0 atom stereocenters. The van der Waals surface area contributed by atoms with Gasteiger partial charge in [0, 0.05) is 5.69 Å². The van der Waals surface area contributed by atoms with Crippen LogP contribution in [-0.4, -0.2) is 6.61 Å². The van der Waals surface area contributed by atoms with Crippen molar-refractivity contribution >= 4 is 5.69 Å². The molecule has 0 aliphatic carbocycles. The molecule has 0 saturated carbocycles. The molecule has 1 rings (SSSR count). The number of nitrogens with two attached hydrogens (primary N) is 1. The van der Waals surface area contributed by atoms with Crippen LogP contribution in [0.1, 0.15) is 37.8 Å². The molecule has 78 valence electrons. The average molecular weight is 193 g/mol. The molecule has 0 saturated heterocycles. The molecule has 0 aromatic heterocycles. The summed E-state index contributed by atoms with van der Waals surface area (Å²) in [6, 6.07) is 4.04. The number of aryl methyl sites for hydroxylation is 1. The summed E-state index contributed by atoms with van der Waals surface area (Å²) in [7, 11) is 0. The van der Waals surface area contributed by atoms with Crippen LogP contribution in [0.5, 0.6) is 5.75 Å². The predicted octanol–water partition coefficient (Wildman–Crippen LogP) is 3.10. The minimum absolute atomic E-state index is 0.444. The number of hydrogen-bond donors (Lipinski definition) is 1. The van der Waals surface area contributed by atoms with Gasteiger partial charge in [-0.3, -0.25) is 0 Å². The van der Waals surface area contributed by atoms with E-state index in [0.717, 1.165) is 17.0 Å². The van der Waals surface area contributed by atoms with E-state index in [1.54, 1.807) is 0 Å². The van der Waals surface area contributed by atoms with Gasteiger partial charge in [0.05, 0.1) is 6.61 Å². The van der Waals surface area contributed by atoms with Crippen molar-refractivity contribution in [2.24, 2.45) is 0 Å². The lowest BCUT2D eigenvalue weighted by Crippen LogP contribution is -2.01. The summed E-state index contributed by atoms with van der Waals surface area (Å²) in [5.41, 5.74) is 8.98. The second kappa shape index (κ2) is 4.36. The topological polar surface area (TPSA) is 35.2 Å². The molecular formula is C12H19NO. The Hall–Kier alpha value is -1.18. The summed E-state index contributed by atoms with van der Waals surface area (Å²) < 4.78 is 5.58. The number of benzene rings is 1. The van der Waals surface area contributed by atoms with Crippen LogP contribution in [-0.2, 0) is 0 Å². The number of rotatable bonds is 3. The van der Waals surface area contributed by atoms with E-state index < -0.39 is 0 Å². The van der Waals surface area contributed by atoms with Crippen molar-refractivity contribution in [2.75, 3.05) is 12.3 Å². The molecule has 2 heteroatoms. The van der Waals surface area contributed by atoms with Crippen LogP contribution >= 0.6 is 0 Å². The summed E-state index contributed by atoms with van der Waals surface area (Å²) in [6.45, 7) is 8.99. The zero-order valence-corrected chi connectivity index (χ0v) is 9.42. The Labute approximate surface area is 86.1 Å². The lowest BCUT2D eigenvalue weighted by Gasteiger charge is -2.15. The van der Waals surface area contributed by atoms with E-state index in [9.17, 15) is 0 Å². The number of hydrogen-bond acceptors (Lipinski definition) is 2. The number of anilines is 1. The SMILES string of the molecule is CCOc1cc(C)c(N)cc1C(C)C. The van der Waals surface area contributed by atoms with Crippen molar-refractivity contribution < 1.29 is 4.74 Å². The highest BCUT2D eigenvalue weighted by atomic mass is 16.5. The molecule has 1 aromatic rings. The third-order valence-electron chi connectivity index (χ3n) is 2.32. The first-order chi connectivity index (χ1) is 6.56. The van der Waals surface area contributed by atoms with Gasteiger partial charge in [-0.2, -0.15) is 0 Å². The fourth-order valence-corrected chi connectivity index (χ4v) is 1.45. The molecule has 1 aromatic carbocycles. The molecule has 14 heavy (non-hydrogen) atoms. The van der Waals surface area contributed by atoms with E-state index in [0.29, 0.717) is 12.5 Å². The molecule has 0 radical (unpaired) electrons. The van der Waals surface area contributed by atoms with Crippen LogP contribution in [0, 0.1) is 6.92 Å². The quantitative estimate of drug-likeness (QED) is 0.749. The van der Waals surface area contributed by atoms with E-state index in [-0.39, 0.29) is 0 Å². The summed E-state index contributed by atoms with van der Waals surface area (Å²) >= 11 is 0. The third-order valence-corrected chi connectivity index (χ3v) is 2.32. The predicted molar refractivity (Wildman–Crippen MR) is 60.8 cm³/mol. The third kappa shape index (κ3) is 2.19. The van der Waals surface area contributed by atoms with E-state index in [2.05, 4.69) is 13.8 Å². The van der Waals surface area contributed by atoms with Crippen LogP contribution in [0.2, 0.25) is 0 Å². The maximum atomic E-state index is 5.87. The Morgan fingerprint density at radius 3 is 2.50 bits per heavy atom. The zero-order valence-electron chi connectivity index (χ0n) is 9.42. The number of ether oxygens (including phenoxy) is 1. The van der Waals surface area contributed by atoms with Crippen molar-refractivity contribution in [3.05, 3.63) is 23.3 Å². The zero-order chi connectivity index (χ0) is 10.7. The Kier molecular flexibility index (Phi) is 3.39. The van der Waals surface area contributed by atoms with Crippen molar-refractivity contribution in [2.45, 2.75) is 33.6 Å². The standard InChI is InChI=1S/C12H19NO/c1-5-14-12-6-9(4)11(13)7-10(12)8(2)3/h6-8H,5,13H2,1-4H3. The van der Waals surface area contributed by atoms with Gasteiger partial charge in [-0.05, 0) is 43.0 Å². The molecule has 0 heterocycles. The van der Waals surface area contributed by atoms with Gasteiger partial charge >= 0.3 is 0 Å². The van der Waals surface area contributed by atoms with E-state index in [1.807, 2.05) is 26.0 Å². The van der Waals surface area contributed by atoms with Gasteiger partial charge < -0.3 is 10.5 Å². The van der Waals surface area contributed by atoms with Gasteiger partial charge in [-0.1, -0.05) is 13.8 Å². The average Bonchev–Trinajstić information content (AvgIpc) is 2.11. The molecule has 0 aliphatic heterocycles. The van der Waals surface area contributed by atoms with Crippen LogP contribution < -0.4 is 10.5 Å². The molecule has 2 nitrogen and oxygen atoms in total. The minimum Gasteiger partial charge on any atom is -0.494 e. The van der Waals surface area contributed by atoms with Crippen molar-refractivity contribution in [3.8, 4) is 5.75 Å². The Morgan fingerprint density at radius 1 is 1.36 bits per heavy atom. The molecular weight excluding hydrogens is 174 g/mol. The van der Waals surface area contributed by atoms with Gasteiger partial charge in [0.2, 0.25) is 0 Å². The Morgan fingerprint density at radius 2 is 2.00 bits per heavy atom. The highest BCUT2D eigenvalue weighted by molar-refractivity contribution is 5.55. The minimum atomic E-state index is 0.444. The monoisotopic (exact) mass is 193 g/mol. The van der Waals surface area contributed by atoms with Gasteiger partial charge in [-0.15, -0.1) is 0 Å². The van der Waals surface area contributed by atoms with Crippen molar-refractivity contribution in [1.29, 1.82) is 0 Å². The van der Waals surface area contributed by atoms with Gasteiger partial charge in [0.1, 0.15) is 5.75 Å². The summed E-state index contributed by atoms with van der Waals surface area (Å²) in [6.07, 6.45) is 0. The van der Waals surface area contributed by atoms with E-state index in [4.69, 9.17) is 10.5 Å². The summed E-state index contributed by atoms with van der Waals surface area (Å²) in [5, 5.41) is 0. The highest BCUT2D eigenvalue weighted by Crippen LogP contribution is 2.30. The van der Waals surface area contributed by atoms with Crippen molar-refractivity contribution in [1.82, 2.24) is 0 Å². The Balaban J connectivity index is 3.17. The van der Waals surface area contributed by atoms with Crippen LogP contribution in [0.15, 0.2) is 12.1 Å². The first-order valence-electron chi connectivity index (χ1n) is 5.09. The fraction of sp³-hybridized carbons (Fsp3) is 0.500. The lowest BCUT2D eigenvalue weighted by molar-refractivity contribution is 0.335. The maximum Gasteiger partial charge on any atom is 0.123 e. The fourth-order valence-electron chi connectivity index (χ4n) is 1.45. The summed E-state index contributed by atoms with van der Waals surface area (Å²) in [5.74, 6) is 1.41. The highest BCUT2D eigenvalue weighted by Gasteiger charge is 2.09. The van der Waals surface area contributed by atoms with Crippen LogP contribution in [0.4, 0.5) is 5.69 Å². The molecule has 0 unspecified atom stereocenters. The molecule has 0 amide bonds. The van der Waals surface area contributed by atoms with Gasteiger partial charge in [0.15, 0.2) is 0 Å². The van der Waals surface area contributed by atoms with Crippen molar-refractivity contribution in [3.63, 3.8) is 0 Å². The van der Waals surface area contributed by atoms with Gasteiger partial charge in [-0.25, -0.2) is 0 Å². The van der Waals surface area contributed by atoms with E-state index >= 15 is 0 Å². The van der Waals surface area contributed by atoms with Gasteiger partial charge in [0.25, 0.3) is 0 Å². The molecule has 0 fully saturated rings. The molecule has 0 spiro atoms. The second-order valence-electron chi connectivity index (χ2n) is 3.83. The second-order valence-corrected chi connectivity index (χ2v) is 3.83. The first-order valence-corrected chi connectivity index (χ1v) is 5.09. The summed E-state index contributed by atoms with van der Waals surface area (Å²) in [4.78, 5) is 0. The molecule has 0 bridgehead atoms. The normalized spacial score (nSPS) is 10.6.